The van der Waals surface area contributed by atoms with Crippen LogP contribution in [0.5, 0.6) is 0 Å². The molecule has 2 aliphatic heterocycles. The largest absolute Gasteiger partial charge is 0.329 e. The van der Waals surface area contributed by atoms with E-state index in [0.717, 1.165) is 12.5 Å². The second-order valence-corrected chi connectivity index (χ2v) is 7.69. The van der Waals surface area contributed by atoms with Crippen molar-refractivity contribution in [1.82, 2.24) is 14.7 Å². The summed E-state index contributed by atoms with van der Waals surface area (Å²) < 4.78 is 0. The molecule has 0 atom stereocenters. The monoisotopic (exact) mass is 296 g/mol. The Hall–Kier alpha value is -0.160. The van der Waals surface area contributed by atoms with E-state index in [0.29, 0.717) is 6.04 Å². The number of rotatable bonds is 5. The Labute approximate surface area is 131 Å². The molecule has 0 aromatic carbocycles. The molecule has 0 radical (unpaired) electrons. The Bertz CT molecular complexity index is 302. The van der Waals surface area contributed by atoms with Gasteiger partial charge >= 0.3 is 0 Å². The van der Waals surface area contributed by atoms with E-state index in [-0.39, 0.29) is 5.54 Å². The summed E-state index contributed by atoms with van der Waals surface area (Å²) in [6.07, 6.45) is 5.15. The van der Waals surface area contributed by atoms with Crippen molar-refractivity contribution in [1.29, 1.82) is 0 Å². The summed E-state index contributed by atoms with van der Waals surface area (Å²) in [5.74, 6) is 0.859. The van der Waals surface area contributed by atoms with Crippen molar-refractivity contribution in [3.63, 3.8) is 0 Å². The zero-order valence-electron chi connectivity index (χ0n) is 14.6. The molecule has 0 aromatic rings. The maximum Gasteiger partial charge on any atom is 0.0353 e. The Morgan fingerprint density at radius 2 is 1.71 bits per heavy atom. The van der Waals surface area contributed by atoms with Crippen LogP contribution in [0.4, 0.5) is 0 Å². The molecule has 0 amide bonds. The number of likely N-dealkylation sites (N-methyl/N-ethyl adjacent to an activating group) is 1. The van der Waals surface area contributed by atoms with E-state index in [9.17, 15) is 0 Å². The highest BCUT2D eigenvalue weighted by atomic mass is 15.2. The number of hydrogen-bond acceptors (Lipinski definition) is 4. The maximum absolute atomic E-state index is 6.22. The molecule has 4 heteroatoms. The number of piperidine rings is 2. The Balaban J connectivity index is 1.88. The van der Waals surface area contributed by atoms with Crippen LogP contribution in [0.15, 0.2) is 0 Å². The van der Waals surface area contributed by atoms with E-state index in [1.807, 2.05) is 0 Å². The second kappa shape index (κ2) is 7.40. The molecule has 21 heavy (non-hydrogen) atoms. The maximum atomic E-state index is 6.22. The van der Waals surface area contributed by atoms with Crippen LogP contribution in [-0.4, -0.2) is 79.6 Å². The summed E-state index contributed by atoms with van der Waals surface area (Å²) in [4.78, 5) is 7.66. The smallest absolute Gasteiger partial charge is 0.0353 e. The predicted molar refractivity (Wildman–Crippen MR) is 90.6 cm³/mol. The summed E-state index contributed by atoms with van der Waals surface area (Å²) >= 11 is 0. The van der Waals surface area contributed by atoms with Gasteiger partial charge in [-0.2, -0.15) is 0 Å². The number of hydrogen-bond donors (Lipinski definition) is 1. The lowest BCUT2D eigenvalue weighted by Gasteiger charge is -2.49. The van der Waals surface area contributed by atoms with Crippen LogP contribution in [0.25, 0.3) is 0 Å². The van der Waals surface area contributed by atoms with Gasteiger partial charge in [0.2, 0.25) is 0 Å². The van der Waals surface area contributed by atoms with Gasteiger partial charge < -0.3 is 15.5 Å². The molecule has 0 spiro atoms. The van der Waals surface area contributed by atoms with Gasteiger partial charge in [-0.3, -0.25) is 4.90 Å². The summed E-state index contributed by atoms with van der Waals surface area (Å²) in [6.45, 7) is 11.6. The van der Waals surface area contributed by atoms with Crippen molar-refractivity contribution in [2.75, 3.05) is 53.4 Å². The van der Waals surface area contributed by atoms with Crippen molar-refractivity contribution in [2.45, 2.75) is 51.1 Å². The topological polar surface area (TPSA) is 35.7 Å². The van der Waals surface area contributed by atoms with Crippen molar-refractivity contribution in [3.8, 4) is 0 Å². The molecule has 2 saturated heterocycles. The molecule has 2 rings (SSSR count). The van der Waals surface area contributed by atoms with E-state index in [4.69, 9.17) is 5.73 Å². The molecule has 124 valence electrons. The molecular formula is C17H36N4. The fourth-order valence-corrected chi connectivity index (χ4v) is 4.02. The van der Waals surface area contributed by atoms with Gasteiger partial charge in [0.25, 0.3) is 0 Å². The Morgan fingerprint density at radius 1 is 1.14 bits per heavy atom. The number of likely N-dealkylation sites (tertiary alicyclic amines) is 2. The minimum absolute atomic E-state index is 0.245. The molecule has 0 aromatic heterocycles. The van der Waals surface area contributed by atoms with Crippen LogP contribution in [0, 0.1) is 5.92 Å². The SMILES string of the molecule is CC(C)N1CCC(CN)(N(C)CC2CCN(C)CC2)CC1. The van der Waals surface area contributed by atoms with Crippen LogP contribution in [0.1, 0.15) is 39.5 Å². The standard InChI is InChI=1S/C17H36N4/c1-15(2)21-11-7-17(14-18,8-12-21)20(4)13-16-5-9-19(3)10-6-16/h15-16H,5-14,18H2,1-4H3. The minimum atomic E-state index is 0.245. The lowest BCUT2D eigenvalue weighted by Crippen LogP contribution is -2.59. The van der Waals surface area contributed by atoms with Crippen molar-refractivity contribution in [2.24, 2.45) is 11.7 Å². The quantitative estimate of drug-likeness (QED) is 0.833. The number of nitrogens with two attached hydrogens (primary N) is 1. The van der Waals surface area contributed by atoms with Crippen LogP contribution in [0.2, 0.25) is 0 Å². The normalized spacial score (nSPS) is 25.9. The van der Waals surface area contributed by atoms with Gasteiger partial charge in [0.05, 0.1) is 0 Å². The second-order valence-electron chi connectivity index (χ2n) is 7.69. The van der Waals surface area contributed by atoms with Gasteiger partial charge in [0.1, 0.15) is 0 Å². The van der Waals surface area contributed by atoms with E-state index in [2.05, 4.69) is 42.6 Å². The molecule has 2 heterocycles. The van der Waals surface area contributed by atoms with Crippen LogP contribution >= 0.6 is 0 Å². The summed E-state index contributed by atoms with van der Waals surface area (Å²) in [5, 5.41) is 0. The highest BCUT2D eigenvalue weighted by Gasteiger charge is 2.38. The van der Waals surface area contributed by atoms with E-state index >= 15 is 0 Å². The van der Waals surface area contributed by atoms with Crippen LogP contribution < -0.4 is 5.73 Å². The minimum Gasteiger partial charge on any atom is -0.329 e. The van der Waals surface area contributed by atoms with Gasteiger partial charge in [-0.05, 0) is 72.6 Å². The molecular weight excluding hydrogens is 260 g/mol. The molecule has 0 saturated carbocycles. The predicted octanol–water partition coefficient (Wildman–Crippen LogP) is 1.46. The summed E-state index contributed by atoms with van der Waals surface area (Å²) in [5.41, 5.74) is 6.46. The fraction of sp³-hybridized carbons (Fsp3) is 1.00. The van der Waals surface area contributed by atoms with E-state index in [1.54, 1.807) is 0 Å². The average molecular weight is 297 g/mol. The highest BCUT2D eigenvalue weighted by Crippen LogP contribution is 2.30. The van der Waals surface area contributed by atoms with Crippen LogP contribution in [0.3, 0.4) is 0 Å². The Morgan fingerprint density at radius 3 is 2.19 bits per heavy atom. The first-order valence-corrected chi connectivity index (χ1v) is 8.81. The molecule has 2 fully saturated rings. The lowest BCUT2D eigenvalue weighted by molar-refractivity contribution is 0.0195. The average Bonchev–Trinajstić information content (AvgIpc) is 2.49. The highest BCUT2D eigenvalue weighted by molar-refractivity contribution is 4.96. The van der Waals surface area contributed by atoms with Gasteiger partial charge in [-0.1, -0.05) is 0 Å². The lowest BCUT2D eigenvalue weighted by atomic mass is 9.84. The van der Waals surface area contributed by atoms with Crippen LogP contribution in [-0.2, 0) is 0 Å². The third kappa shape index (κ3) is 4.19. The molecule has 0 bridgehead atoms. The van der Waals surface area contributed by atoms with Gasteiger partial charge in [0.15, 0.2) is 0 Å². The van der Waals surface area contributed by atoms with E-state index < -0.39 is 0 Å². The first kappa shape index (κ1) is 17.2. The third-order valence-corrected chi connectivity index (χ3v) is 6.02. The Kier molecular flexibility index (Phi) is 6.06. The molecule has 0 aliphatic carbocycles. The zero-order chi connectivity index (χ0) is 15.5. The molecule has 4 nitrogen and oxygen atoms in total. The van der Waals surface area contributed by atoms with E-state index in [1.165, 1.54) is 58.4 Å². The third-order valence-electron chi connectivity index (χ3n) is 6.02. The summed E-state index contributed by atoms with van der Waals surface area (Å²) in [7, 11) is 4.55. The fourth-order valence-electron chi connectivity index (χ4n) is 4.02. The zero-order valence-corrected chi connectivity index (χ0v) is 14.6. The van der Waals surface area contributed by atoms with Crippen molar-refractivity contribution in [3.05, 3.63) is 0 Å². The molecule has 0 unspecified atom stereocenters. The first-order valence-electron chi connectivity index (χ1n) is 8.81. The number of nitrogens with zero attached hydrogens (tertiary/aromatic N) is 3. The molecule has 2 aliphatic rings. The first-order chi connectivity index (χ1) is 9.97. The van der Waals surface area contributed by atoms with Crippen molar-refractivity contribution < 1.29 is 0 Å². The molecule has 2 N–H and O–H groups in total. The van der Waals surface area contributed by atoms with Crippen molar-refractivity contribution >= 4 is 0 Å². The van der Waals surface area contributed by atoms with Gasteiger partial charge in [0, 0.05) is 37.8 Å². The van der Waals surface area contributed by atoms with Gasteiger partial charge in [-0.15, -0.1) is 0 Å². The summed E-state index contributed by atoms with van der Waals surface area (Å²) in [6, 6.07) is 0.667. The van der Waals surface area contributed by atoms with Gasteiger partial charge in [-0.25, -0.2) is 0 Å².